The zero-order valence-corrected chi connectivity index (χ0v) is 11.8. The summed E-state index contributed by atoms with van der Waals surface area (Å²) in [6.45, 7) is 4.36. The number of nitrogens with zero attached hydrogens (tertiary/aromatic N) is 3. The van der Waals surface area contributed by atoms with Crippen molar-refractivity contribution in [3.05, 3.63) is 46.0 Å². The summed E-state index contributed by atoms with van der Waals surface area (Å²) in [6.07, 6.45) is 1.46. The van der Waals surface area contributed by atoms with Crippen molar-refractivity contribution in [3.8, 4) is 0 Å². The van der Waals surface area contributed by atoms with Gasteiger partial charge in [-0.3, -0.25) is 9.48 Å². The lowest BCUT2D eigenvalue weighted by molar-refractivity contribution is 0.0950. The average Bonchev–Trinajstić information content (AvgIpc) is 2.62. The van der Waals surface area contributed by atoms with E-state index in [4.69, 9.17) is 11.6 Å². The molecule has 2 rings (SSSR count). The van der Waals surface area contributed by atoms with Crippen LogP contribution in [0.5, 0.6) is 0 Å². The molecular formula is C13H15ClN4O. The number of hydrogen-bond acceptors (Lipinski definition) is 3. The zero-order chi connectivity index (χ0) is 14.0. The maximum atomic E-state index is 11.9. The van der Waals surface area contributed by atoms with Gasteiger partial charge in [0.15, 0.2) is 0 Å². The molecule has 0 aliphatic rings. The van der Waals surface area contributed by atoms with Gasteiger partial charge in [0.05, 0.1) is 11.3 Å². The molecule has 19 heavy (non-hydrogen) atoms. The first-order chi connectivity index (χ1) is 8.99. The summed E-state index contributed by atoms with van der Waals surface area (Å²) in [4.78, 5) is 15.8. The van der Waals surface area contributed by atoms with E-state index in [0.29, 0.717) is 17.3 Å². The van der Waals surface area contributed by atoms with Gasteiger partial charge >= 0.3 is 0 Å². The third-order valence-corrected chi connectivity index (χ3v) is 3.30. The van der Waals surface area contributed by atoms with Crippen LogP contribution < -0.4 is 5.32 Å². The van der Waals surface area contributed by atoms with Crippen molar-refractivity contribution in [2.75, 3.05) is 0 Å². The van der Waals surface area contributed by atoms with E-state index in [-0.39, 0.29) is 5.91 Å². The van der Waals surface area contributed by atoms with Crippen LogP contribution in [0.1, 0.15) is 27.3 Å². The molecule has 2 aromatic rings. The molecule has 2 aromatic heterocycles. The minimum Gasteiger partial charge on any atom is -0.348 e. The highest BCUT2D eigenvalue weighted by Crippen LogP contribution is 2.12. The fraction of sp³-hybridized carbons (Fsp3) is 0.308. The molecule has 0 aliphatic heterocycles. The standard InChI is InChI=1S/C13H15ClN4O/c1-8-11(9(2)18(3)17-8)7-16-13(19)10-4-5-12(14)15-6-10/h4-6H,7H2,1-3H3,(H,16,19). The van der Waals surface area contributed by atoms with E-state index in [1.54, 1.807) is 16.8 Å². The molecule has 0 atom stereocenters. The SMILES string of the molecule is Cc1nn(C)c(C)c1CNC(=O)c1ccc(Cl)nc1. The Morgan fingerprint density at radius 3 is 2.68 bits per heavy atom. The van der Waals surface area contributed by atoms with E-state index in [9.17, 15) is 4.79 Å². The summed E-state index contributed by atoms with van der Waals surface area (Å²) >= 11 is 5.68. The molecule has 100 valence electrons. The van der Waals surface area contributed by atoms with Gasteiger partial charge in [-0.25, -0.2) is 4.98 Å². The van der Waals surface area contributed by atoms with E-state index in [0.717, 1.165) is 17.0 Å². The van der Waals surface area contributed by atoms with Crippen molar-refractivity contribution < 1.29 is 4.79 Å². The predicted molar refractivity (Wildman–Crippen MR) is 73.1 cm³/mol. The van der Waals surface area contributed by atoms with Gasteiger partial charge in [0.25, 0.3) is 5.91 Å². The number of nitrogens with one attached hydrogen (secondary N) is 1. The van der Waals surface area contributed by atoms with Crippen molar-refractivity contribution in [1.29, 1.82) is 0 Å². The number of carbonyl (C=O) groups is 1. The summed E-state index contributed by atoms with van der Waals surface area (Å²) in [6, 6.07) is 3.24. The largest absolute Gasteiger partial charge is 0.348 e. The summed E-state index contributed by atoms with van der Waals surface area (Å²) in [7, 11) is 1.89. The molecule has 2 heterocycles. The van der Waals surface area contributed by atoms with Crippen LogP contribution in [-0.4, -0.2) is 20.7 Å². The van der Waals surface area contributed by atoms with Gasteiger partial charge in [-0.05, 0) is 26.0 Å². The Labute approximate surface area is 116 Å². The van der Waals surface area contributed by atoms with Crippen LogP contribution in [0.2, 0.25) is 5.15 Å². The number of carbonyl (C=O) groups excluding carboxylic acids is 1. The highest BCUT2D eigenvalue weighted by atomic mass is 35.5. The first-order valence-corrected chi connectivity index (χ1v) is 6.25. The van der Waals surface area contributed by atoms with Crippen molar-refractivity contribution in [1.82, 2.24) is 20.1 Å². The third kappa shape index (κ3) is 2.93. The fourth-order valence-corrected chi connectivity index (χ4v) is 1.97. The molecule has 6 heteroatoms. The van der Waals surface area contributed by atoms with E-state index < -0.39 is 0 Å². The van der Waals surface area contributed by atoms with Crippen LogP contribution in [0, 0.1) is 13.8 Å². The van der Waals surface area contributed by atoms with Crippen LogP contribution >= 0.6 is 11.6 Å². The van der Waals surface area contributed by atoms with Crippen molar-refractivity contribution >= 4 is 17.5 Å². The number of amides is 1. The minimum absolute atomic E-state index is 0.174. The number of aromatic nitrogens is 3. The second kappa shape index (κ2) is 5.40. The van der Waals surface area contributed by atoms with Crippen molar-refractivity contribution in [3.63, 3.8) is 0 Å². The predicted octanol–water partition coefficient (Wildman–Crippen LogP) is 2.02. The Hall–Kier alpha value is -1.88. The number of hydrogen-bond donors (Lipinski definition) is 1. The van der Waals surface area contributed by atoms with Crippen LogP contribution in [-0.2, 0) is 13.6 Å². The summed E-state index contributed by atoms with van der Waals surface area (Å²) < 4.78 is 1.81. The lowest BCUT2D eigenvalue weighted by Gasteiger charge is -2.05. The molecule has 0 radical (unpaired) electrons. The summed E-state index contributed by atoms with van der Waals surface area (Å²) in [5.74, 6) is -0.174. The van der Waals surface area contributed by atoms with Crippen molar-refractivity contribution in [2.24, 2.45) is 7.05 Å². The summed E-state index contributed by atoms with van der Waals surface area (Å²) in [5, 5.41) is 7.53. The molecule has 0 bridgehead atoms. The van der Waals surface area contributed by atoms with Crippen LogP contribution in [0.25, 0.3) is 0 Å². The molecular weight excluding hydrogens is 264 g/mol. The number of pyridine rings is 1. The van der Waals surface area contributed by atoms with Gasteiger partial charge < -0.3 is 5.32 Å². The molecule has 0 unspecified atom stereocenters. The number of rotatable bonds is 3. The molecule has 5 nitrogen and oxygen atoms in total. The highest BCUT2D eigenvalue weighted by molar-refractivity contribution is 6.29. The molecule has 0 aliphatic carbocycles. The normalized spacial score (nSPS) is 10.5. The first kappa shape index (κ1) is 13.5. The molecule has 1 N–H and O–H groups in total. The summed E-state index contributed by atoms with van der Waals surface area (Å²) in [5.41, 5.74) is 3.50. The van der Waals surface area contributed by atoms with Gasteiger partial charge in [0.2, 0.25) is 0 Å². The van der Waals surface area contributed by atoms with Crippen LogP contribution in [0.15, 0.2) is 18.3 Å². The smallest absolute Gasteiger partial charge is 0.253 e. The van der Waals surface area contributed by atoms with Gasteiger partial charge in [-0.1, -0.05) is 11.6 Å². The highest BCUT2D eigenvalue weighted by Gasteiger charge is 2.11. The van der Waals surface area contributed by atoms with Gasteiger partial charge in [0, 0.05) is 31.0 Å². The first-order valence-electron chi connectivity index (χ1n) is 5.88. The van der Waals surface area contributed by atoms with E-state index >= 15 is 0 Å². The second-order valence-corrected chi connectivity index (χ2v) is 4.71. The van der Waals surface area contributed by atoms with Crippen LogP contribution in [0.4, 0.5) is 0 Å². The van der Waals surface area contributed by atoms with Crippen molar-refractivity contribution in [2.45, 2.75) is 20.4 Å². The molecule has 0 spiro atoms. The third-order valence-electron chi connectivity index (χ3n) is 3.07. The quantitative estimate of drug-likeness (QED) is 0.874. The topological polar surface area (TPSA) is 59.8 Å². The molecule has 0 saturated carbocycles. The van der Waals surface area contributed by atoms with E-state index in [1.165, 1.54) is 6.20 Å². The lowest BCUT2D eigenvalue weighted by Crippen LogP contribution is -2.23. The molecule has 0 aromatic carbocycles. The lowest BCUT2D eigenvalue weighted by atomic mass is 10.2. The monoisotopic (exact) mass is 278 g/mol. The average molecular weight is 279 g/mol. The van der Waals surface area contributed by atoms with Gasteiger partial charge in [-0.15, -0.1) is 0 Å². The number of halogens is 1. The molecule has 0 fully saturated rings. The number of aryl methyl sites for hydroxylation is 2. The fourth-order valence-electron chi connectivity index (χ4n) is 1.85. The Balaban J connectivity index is 2.06. The van der Waals surface area contributed by atoms with Gasteiger partial charge in [-0.2, -0.15) is 5.10 Å². The Bertz CT molecular complexity index is 604. The molecule has 0 saturated heterocycles. The maximum Gasteiger partial charge on any atom is 0.253 e. The van der Waals surface area contributed by atoms with Crippen LogP contribution in [0.3, 0.4) is 0 Å². The zero-order valence-electron chi connectivity index (χ0n) is 11.1. The van der Waals surface area contributed by atoms with E-state index in [1.807, 2.05) is 20.9 Å². The van der Waals surface area contributed by atoms with E-state index in [2.05, 4.69) is 15.4 Å². The van der Waals surface area contributed by atoms with Gasteiger partial charge in [0.1, 0.15) is 5.15 Å². The molecule has 1 amide bonds. The minimum atomic E-state index is -0.174. The Morgan fingerprint density at radius 2 is 2.16 bits per heavy atom. The maximum absolute atomic E-state index is 11.9. The second-order valence-electron chi connectivity index (χ2n) is 4.33. The Kier molecular flexibility index (Phi) is 3.85. The Morgan fingerprint density at radius 1 is 1.42 bits per heavy atom.